The third-order valence-corrected chi connectivity index (χ3v) is 2.88. The van der Waals surface area contributed by atoms with Gasteiger partial charge in [0.2, 0.25) is 0 Å². The Morgan fingerprint density at radius 3 is 2.29 bits per heavy atom. The quantitative estimate of drug-likeness (QED) is 0.677. The minimum absolute atomic E-state index is 0.0116. The molecule has 0 aliphatic rings. The van der Waals surface area contributed by atoms with E-state index in [4.69, 9.17) is 11.6 Å². The van der Waals surface area contributed by atoms with Crippen LogP contribution in [0.15, 0.2) is 18.2 Å². The number of benzene rings is 1. The predicted octanol–water partition coefficient (Wildman–Crippen LogP) is 4.46. The molecular weight excluding hydrogens is 244 g/mol. The second-order valence-corrected chi connectivity index (χ2v) is 5.40. The van der Waals surface area contributed by atoms with Gasteiger partial charge >= 0.3 is 0 Å². The van der Waals surface area contributed by atoms with Crippen LogP contribution in [0.4, 0.5) is 8.78 Å². The van der Waals surface area contributed by atoms with Crippen molar-refractivity contribution in [1.29, 1.82) is 0 Å². The van der Waals surface area contributed by atoms with E-state index in [2.05, 4.69) is 4.98 Å². The van der Waals surface area contributed by atoms with E-state index < -0.39 is 11.6 Å². The molecule has 1 aromatic carbocycles. The number of hydrogen-bond donors (Lipinski definition) is 0. The summed E-state index contributed by atoms with van der Waals surface area (Å²) in [6, 6.07) is 3.71. The van der Waals surface area contributed by atoms with E-state index in [0.717, 1.165) is 12.1 Å². The molecule has 1 heterocycles. The van der Waals surface area contributed by atoms with Crippen LogP contribution in [0.25, 0.3) is 10.9 Å². The first-order chi connectivity index (χ1) is 7.80. The number of aromatic nitrogens is 1. The summed E-state index contributed by atoms with van der Waals surface area (Å²) < 4.78 is 27.2. The number of rotatable bonds is 0. The van der Waals surface area contributed by atoms with Crippen molar-refractivity contribution in [2.45, 2.75) is 26.2 Å². The van der Waals surface area contributed by atoms with Gasteiger partial charge in [-0.05, 0) is 18.2 Å². The Labute approximate surface area is 103 Å². The van der Waals surface area contributed by atoms with Crippen LogP contribution in [0, 0.1) is 11.6 Å². The molecule has 1 nitrogen and oxygen atoms in total. The summed E-state index contributed by atoms with van der Waals surface area (Å²) in [5.74, 6) is -1.12. The summed E-state index contributed by atoms with van der Waals surface area (Å²) in [5, 5.41) is 0.233. The summed E-state index contributed by atoms with van der Waals surface area (Å²) in [6.07, 6.45) is 0. The van der Waals surface area contributed by atoms with Crippen molar-refractivity contribution in [3.63, 3.8) is 0 Å². The zero-order valence-corrected chi connectivity index (χ0v) is 10.6. The molecule has 0 fully saturated rings. The molecule has 0 atom stereocenters. The number of nitrogens with zero attached hydrogens (tertiary/aromatic N) is 1. The van der Waals surface area contributed by atoms with Crippen molar-refractivity contribution >= 4 is 22.5 Å². The summed E-state index contributed by atoms with van der Waals surface area (Å²) in [7, 11) is 0. The van der Waals surface area contributed by atoms with Gasteiger partial charge in [-0.1, -0.05) is 32.4 Å². The molecule has 0 unspecified atom stereocenters. The standard InChI is InChI=1S/C13H12ClF2N/c1-13(2,3)10-6-7(14)11-8(15)4-5-9(16)12(11)17-10/h4-6H,1-3H3. The van der Waals surface area contributed by atoms with Crippen LogP contribution in [0.5, 0.6) is 0 Å². The lowest BCUT2D eigenvalue weighted by molar-refractivity contribution is 0.567. The van der Waals surface area contributed by atoms with E-state index in [9.17, 15) is 8.78 Å². The molecule has 90 valence electrons. The molecule has 0 radical (unpaired) electrons. The number of halogens is 3. The summed E-state index contributed by atoms with van der Waals surface area (Å²) in [4.78, 5) is 4.17. The molecule has 0 spiro atoms. The minimum atomic E-state index is -0.561. The molecule has 2 rings (SSSR count). The van der Waals surface area contributed by atoms with E-state index >= 15 is 0 Å². The number of fused-ring (bicyclic) bond motifs is 1. The first-order valence-electron chi connectivity index (χ1n) is 5.25. The zero-order chi connectivity index (χ0) is 12.8. The smallest absolute Gasteiger partial charge is 0.149 e. The topological polar surface area (TPSA) is 12.9 Å². The molecule has 17 heavy (non-hydrogen) atoms. The second-order valence-electron chi connectivity index (χ2n) is 4.99. The normalized spacial score (nSPS) is 12.1. The molecule has 0 saturated heterocycles. The number of pyridine rings is 1. The first-order valence-corrected chi connectivity index (χ1v) is 5.63. The van der Waals surface area contributed by atoms with Gasteiger partial charge in [0.1, 0.15) is 17.2 Å². The highest BCUT2D eigenvalue weighted by Gasteiger charge is 2.20. The second kappa shape index (κ2) is 3.91. The lowest BCUT2D eigenvalue weighted by Crippen LogP contribution is -2.14. The molecule has 0 bridgehead atoms. The number of hydrogen-bond acceptors (Lipinski definition) is 1. The van der Waals surface area contributed by atoms with E-state index in [-0.39, 0.29) is 21.3 Å². The van der Waals surface area contributed by atoms with Gasteiger partial charge in [-0.2, -0.15) is 0 Å². The largest absolute Gasteiger partial charge is 0.249 e. The average molecular weight is 256 g/mol. The third-order valence-electron chi connectivity index (χ3n) is 2.58. The molecule has 2 aromatic rings. The lowest BCUT2D eigenvalue weighted by atomic mass is 9.91. The van der Waals surface area contributed by atoms with Gasteiger partial charge in [-0.25, -0.2) is 13.8 Å². The van der Waals surface area contributed by atoms with Crippen LogP contribution in [0.2, 0.25) is 5.02 Å². The van der Waals surface area contributed by atoms with Crippen LogP contribution >= 0.6 is 11.6 Å². The first kappa shape index (κ1) is 12.2. The lowest BCUT2D eigenvalue weighted by Gasteiger charge is -2.19. The highest BCUT2D eigenvalue weighted by atomic mass is 35.5. The van der Waals surface area contributed by atoms with Crippen LogP contribution in [0.1, 0.15) is 26.5 Å². The fourth-order valence-electron chi connectivity index (χ4n) is 1.61. The van der Waals surface area contributed by atoms with Crippen LogP contribution < -0.4 is 0 Å². The van der Waals surface area contributed by atoms with Crippen LogP contribution in [0.3, 0.4) is 0 Å². The molecular formula is C13H12ClF2N. The molecule has 0 aliphatic carbocycles. The van der Waals surface area contributed by atoms with Gasteiger partial charge in [0, 0.05) is 11.1 Å². The highest BCUT2D eigenvalue weighted by Crippen LogP contribution is 2.31. The molecule has 0 amide bonds. The predicted molar refractivity (Wildman–Crippen MR) is 65.4 cm³/mol. The Balaban J connectivity index is 2.87. The van der Waals surface area contributed by atoms with E-state index in [1.165, 1.54) is 0 Å². The van der Waals surface area contributed by atoms with Crippen molar-refractivity contribution in [1.82, 2.24) is 4.98 Å². The van der Waals surface area contributed by atoms with Gasteiger partial charge in [0.15, 0.2) is 0 Å². The van der Waals surface area contributed by atoms with E-state index in [0.29, 0.717) is 5.69 Å². The summed E-state index contributed by atoms with van der Waals surface area (Å²) >= 11 is 6.00. The Morgan fingerprint density at radius 2 is 1.71 bits per heavy atom. The van der Waals surface area contributed by atoms with Crippen molar-refractivity contribution in [3.8, 4) is 0 Å². The van der Waals surface area contributed by atoms with Crippen molar-refractivity contribution in [3.05, 3.63) is 40.6 Å². The SMILES string of the molecule is CC(C)(C)c1cc(Cl)c2c(F)ccc(F)c2n1. The van der Waals surface area contributed by atoms with Gasteiger partial charge < -0.3 is 0 Å². The van der Waals surface area contributed by atoms with Crippen molar-refractivity contribution in [2.75, 3.05) is 0 Å². The maximum absolute atomic E-state index is 13.6. The molecule has 0 saturated carbocycles. The van der Waals surface area contributed by atoms with Crippen LogP contribution in [-0.2, 0) is 5.41 Å². The monoisotopic (exact) mass is 255 g/mol. The van der Waals surface area contributed by atoms with Crippen molar-refractivity contribution in [2.24, 2.45) is 0 Å². The maximum atomic E-state index is 13.6. The molecule has 1 aromatic heterocycles. The fourth-order valence-corrected chi connectivity index (χ4v) is 1.89. The highest BCUT2D eigenvalue weighted by molar-refractivity contribution is 6.35. The molecule has 0 aliphatic heterocycles. The van der Waals surface area contributed by atoms with Crippen LogP contribution in [-0.4, -0.2) is 4.98 Å². The van der Waals surface area contributed by atoms with Gasteiger partial charge in [0.25, 0.3) is 0 Å². The Bertz CT molecular complexity index is 588. The molecule has 0 N–H and O–H groups in total. The average Bonchev–Trinajstić information content (AvgIpc) is 2.21. The van der Waals surface area contributed by atoms with E-state index in [1.807, 2.05) is 20.8 Å². The summed E-state index contributed by atoms with van der Waals surface area (Å²) in [5.41, 5.74) is 0.360. The third kappa shape index (κ3) is 2.12. The maximum Gasteiger partial charge on any atom is 0.149 e. The minimum Gasteiger partial charge on any atom is -0.249 e. The summed E-state index contributed by atoms with van der Waals surface area (Å²) in [6.45, 7) is 5.82. The van der Waals surface area contributed by atoms with Gasteiger partial charge in [-0.3, -0.25) is 0 Å². The Kier molecular flexibility index (Phi) is 2.82. The Hall–Kier alpha value is -1.22. The zero-order valence-electron chi connectivity index (χ0n) is 9.81. The van der Waals surface area contributed by atoms with Gasteiger partial charge in [-0.15, -0.1) is 0 Å². The Morgan fingerprint density at radius 1 is 1.12 bits per heavy atom. The molecule has 4 heteroatoms. The fraction of sp³-hybridized carbons (Fsp3) is 0.308. The van der Waals surface area contributed by atoms with Crippen molar-refractivity contribution < 1.29 is 8.78 Å². The van der Waals surface area contributed by atoms with Gasteiger partial charge in [0.05, 0.1) is 10.4 Å². The van der Waals surface area contributed by atoms with E-state index in [1.54, 1.807) is 6.07 Å².